The average Bonchev–Trinajstić information content (AvgIpc) is 3.22. The lowest BCUT2D eigenvalue weighted by molar-refractivity contribution is 0.0776. The molecule has 0 amide bonds. The Morgan fingerprint density at radius 3 is 2.76 bits per heavy atom. The first-order chi connectivity index (χ1) is 11.7. The Balaban J connectivity index is 0.00000225. The van der Waals surface area contributed by atoms with Crippen LogP contribution in [-0.4, -0.2) is 83.8 Å². The molecular weight excluding hydrogens is 447 g/mol. The van der Waals surface area contributed by atoms with Gasteiger partial charge in [-0.05, 0) is 57.4 Å². The third-order valence-electron chi connectivity index (χ3n) is 5.49. The minimum Gasteiger partial charge on any atom is -0.387 e. The summed E-state index contributed by atoms with van der Waals surface area (Å²) in [5.74, 6) is 3.65. The first kappa shape index (κ1) is 21.6. The van der Waals surface area contributed by atoms with Crippen LogP contribution in [0, 0.1) is 5.92 Å². The number of rotatable bonds is 5. The van der Waals surface area contributed by atoms with Crippen molar-refractivity contribution in [3.8, 4) is 0 Å². The van der Waals surface area contributed by atoms with Crippen molar-refractivity contribution in [3.05, 3.63) is 0 Å². The Hall–Kier alpha value is 0.270. The van der Waals surface area contributed by atoms with Gasteiger partial charge in [0.1, 0.15) is 0 Å². The molecule has 146 valence electrons. The number of hydrogen-bond acceptors (Lipinski definition) is 4. The predicted octanol–water partition coefficient (Wildman–Crippen LogP) is 2.25. The molecule has 25 heavy (non-hydrogen) atoms. The van der Waals surface area contributed by atoms with Crippen molar-refractivity contribution in [1.82, 2.24) is 15.1 Å². The van der Waals surface area contributed by atoms with Crippen molar-refractivity contribution in [2.24, 2.45) is 10.9 Å². The molecular formula is C18H35IN4OS. The molecule has 0 radical (unpaired) electrons. The number of likely N-dealkylation sites (tertiary alicyclic amines) is 2. The summed E-state index contributed by atoms with van der Waals surface area (Å²) in [5, 5.41) is 14.0. The van der Waals surface area contributed by atoms with E-state index < -0.39 is 5.60 Å². The summed E-state index contributed by atoms with van der Waals surface area (Å²) in [5.41, 5.74) is -0.585. The van der Waals surface area contributed by atoms with E-state index in [9.17, 15) is 5.11 Å². The Morgan fingerprint density at radius 1 is 1.28 bits per heavy atom. The zero-order valence-corrected chi connectivity index (χ0v) is 18.7. The second-order valence-electron chi connectivity index (χ2n) is 7.66. The number of hydrogen-bond donors (Lipinski definition) is 2. The molecule has 0 aromatic carbocycles. The SMILES string of the molecule is CCNC(=NCC1(O)CCSC1)N1CCC(CN2CCCCC2)C1.I. The third-order valence-corrected chi connectivity index (χ3v) is 6.73. The Morgan fingerprint density at radius 2 is 2.08 bits per heavy atom. The highest BCUT2D eigenvalue weighted by atomic mass is 127. The lowest BCUT2D eigenvalue weighted by atomic mass is 10.0. The highest BCUT2D eigenvalue weighted by Gasteiger charge is 2.32. The fourth-order valence-corrected chi connectivity index (χ4v) is 5.33. The van der Waals surface area contributed by atoms with Gasteiger partial charge in [0.05, 0.1) is 12.1 Å². The molecule has 3 aliphatic rings. The minimum atomic E-state index is -0.585. The van der Waals surface area contributed by atoms with Crippen molar-refractivity contribution in [2.45, 2.75) is 44.6 Å². The lowest BCUT2D eigenvalue weighted by Gasteiger charge is -2.29. The van der Waals surface area contributed by atoms with Crippen molar-refractivity contribution in [2.75, 3.05) is 57.3 Å². The molecule has 3 rings (SSSR count). The van der Waals surface area contributed by atoms with Gasteiger partial charge in [0, 0.05) is 31.9 Å². The maximum absolute atomic E-state index is 10.5. The summed E-state index contributed by atoms with van der Waals surface area (Å²) in [6.45, 7) is 9.57. The van der Waals surface area contributed by atoms with E-state index in [1.54, 1.807) is 0 Å². The van der Waals surface area contributed by atoms with E-state index in [-0.39, 0.29) is 24.0 Å². The zero-order valence-electron chi connectivity index (χ0n) is 15.6. The summed E-state index contributed by atoms with van der Waals surface area (Å²) in [4.78, 5) is 9.84. The normalized spacial score (nSPS) is 31.2. The molecule has 0 aromatic rings. The maximum atomic E-state index is 10.5. The van der Waals surface area contributed by atoms with Gasteiger partial charge in [0.2, 0.25) is 0 Å². The second kappa shape index (κ2) is 10.6. The van der Waals surface area contributed by atoms with Gasteiger partial charge in [-0.2, -0.15) is 11.8 Å². The Kier molecular flexibility index (Phi) is 9.11. The molecule has 3 aliphatic heterocycles. The molecule has 5 nitrogen and oxygen atoms in total. The summed E-state index contributed by atoms with van der Waals surface area (Å²) in [6.07, 6.45) is 6.29. The highest BCUT2D eigenvalue weighted by Crippen LogP contribution is 2.28. The Bertz CT molecular complexity index is 425. The quantitative estimate of drug-likeness (QED) is 0.358. The van der Waals surface area contributed by atoms with Crippen LogP contribution in [0.15, 0.2) is 4.99 Å². The molecule has 0 aliphatic carbocycles. The van der Waals surface area contributed by atoms with E-state index in [0.29, 0.717) is 6.54 Å². The fourth-order valence-electron chi connectivity index (χ4n) is 4.05. The van der Waals surface area contributed by atoms with E-state index >= 15 is 0 Å². The van der Waals surface area contributed by atoms with Crippen LogP contribution in [0.3, 0.4) is 0 Å². The topological polar surface area (TPSA) is 51.1 Å². The van der Waals surface area contributed by atoms with E-state index in [0.717, 1.165) is 49.4 Å². The molecule has 3 fully saturated rings. The van der Waals surface area contributed by atoms with Crippen LogP contribution < -0.4 is 5.32 Å². The lowest BCUT2D eigenvalue weighted by Crippen LogP contribution is -2.43. The Labute approximate surface area is 174 Å². The first-order valence-electron chi connectivity index (χ1n) is 9.74. The van der Waals surface area contributed by atoms with Gasteiger partial charge in [0.25, 0.3) is 0 Å². The van der Waals surface area contributed by atoms with E-state index in [1.165, 1.54) is 45.3 Å². The van der Waals surface area contributed by atoms with Crippen LogP contribution in [-0.2, 0) is 0 Å². The van der Waals surface area contributed by atoms with Gasteiger partial charge in [-0.3, -0.25) is 4.99 Å². The molecule has 2 atom stereocenters. The minimum absolute atomic E-state index is 0. The number of aliphatic imine (C=N–C) groups is 1. The van der Waals surface area contributed by atoms with Crippen molar-refractivity contribution in [1.29, 1.82) is 0 Å². The smallest absolute Gasteiger partial charge is 0.194 e. The van der Waals surface area contributed by atoms with Crippen LogP contribution in [0.25, 0.3) is 0 Å². The fraction of sp³-hybridized carbons (Fsp3) is 0.944. The third kappa shape index (κ3) is 6.43. The van der Waals surface area contributed by atoms with Crippen molar-refractivity contribution >= 4 is 41.7 Å². The molecule has 3 saturated heterocycles. The van der Waals surface area contributed by atoms with Gasteiger partial charge in [-0.15, -0.1) is 24.0 Å². The summed E-state index contributed by atoms with van der Waals surface area (Å²) in [7, 11) is 0. The largest absolute Gasteiger partial charge is 0.387 e. The molecule has 3 heterocycles. The molecule has 0 bridgehead atoms. The molecule has 2 unspecified atom stereocenters. The van der Waals surface area contributed by atoms with Crippen LogP contribution in [0.4, 0.5) is 0 Å². The van der Waals surface area contributed by atoms with Crippen LogP contribution in [0.2, 0.25) is 0 Å². The van der Waals surface area contributed by atoms with E-state index in [1.807, 2.05) is 11.8 Å². The van der Waals surface area contributed by atoms with Crippen LogP contribution >= 0.6 is 35.7 Å². The predicted molar refractivity (Wildman–Crippen MR) is 118 cm³/mol. The van der Waals surface area contributed by atoms with Gasteiger partial charge < -0.3 is 20.2 Å². The second-order valence-corrected chi connectivity index (χ2v) is 8.76. The number of piperidine rings is 1. The van der Waals surface area contributed by atoms with E-state index in [4.69, 9.17) is 4.99 Å². The van der Waals surface area contributed by atoms with Crippen LogP contribution in [0.1, 0.15) is 39.0 Å². The first-order valence-corrected chi connectivity index (χ1v) is 10.9. The highest BCUT2D eigenvalue weighted by molar-refractivity contribution is 14.0. The number of halogens is 1. The van der Waals surface area contributed by atoms with Gasteiger partial charge in [0.15, 0.2) is 5.96 Å². The zero-order chi connectivity index (χ0) is 16.8. The summed E-state index contributed by atoms with van der Waals surface area (Å²) >= 11 is 1.84. The van der Waals surface area contributed by atoms with Gasteiger partial charge >= 0.3 is 0 Å². The molecule has 2 N–H and O–H groups in total. The van der Waals surface area contributed by atoms with E-state index in [2.05, 4.69) is 22.0 Å². The number of nitrogens with one attached hydrogen (secondary N) is 1. The number of guanidine groups is 1. The summed E-state index contributed by atoms with van der Waals surface area (Å²) < 4.78 is 0. The van der Waals surface area contributed by atoms with Gasteiger partial charge in [-0.25, -0.2) is 0 Å². The van der Waals surface area contributed by atoms with Gasteiger partial charge in [-0.1, -0.05) is 6.42 Å². The number of nitrogens with zero attached hydrogens (tertiary/aromatic N) is 3. The monoisotopic (exact) mass is 482 g/mol. The van der Waals surface area contributed by atoms with Crippen LogP contribution in [0.5, 0.6) is 0 Å². The maximum Gasteiger partial charge on any atom is 0.194 e. The summed E-state index contributed by atoms with van der Waals surface area (Å²) in [6, 6.07) is 0. The van der Waals surface area contributed by atoms with Crippen molar-refractivity contribution < 1.29 is 5.11 Å². The molecule has 0 saturated carbocycles. The standard InChI is InChI=1S/C18H34N4OS.HI/c1-2-19-17(20-14-18(23)7-11-24-15-18)22-10-6-16(13-22)12-21-8-4-3-5-9-21;/h16,23H,2-15H2,1H3,(H,19,20);1H. The number of thioether (sulfide) groups is 1. The number of aliphatic hydroxyl groups is 1. The molecule has 0 aromatic heterocycles. The molecule has 0 spiro atoms. The molecule has 7 heteroatoms. The van der Waals surface area contributed by atoms with Crippen molar-refractivity contribution in [3.63, 3.8) is 0 Å². The average molecular weight is 482 g/mol.